The highest BCUT2D eigenvalue weighted by atomic mass is 15.2. The Morgan fingerprint density at radius 3 is 2.53 bits per heavy atom. The fourth-order valence-corrected chi connectivity index (χ4v) is 6.00. The SMILES string of the molecule is CC1CC=Cc2[nH]c3cc(-c4ccc5c(c4)n4c6ccccc6nc4n5-c4ccccc4)ccc3c21. The summed E-state index contributed by atoms with van der Waals surface area (Å²) in [6.07, 6.45) is 5.61. The summed E-state index contributed by atoms with van der Waals surface area (Å²) in [5.41, 5.74) is 11.9. The van der Waals surface area contributed by atoms with Gasteiger partial charge in [-0.15, -0.1) is 0 Å². The number of nitrogens with one attached hydrogen (secondary N) is 1. The Bertz CT molecular complexity index is 1980. The van der Waals surface area contributed by atoms with E-state index in [9.17, 15) is 0 Å². The van der Waals surface area contributed by atoms with Crippen molar-refractivity contribution in [2.24, 2.45) is 0 Å². The lowest BCUT2D eigenvalue weighted by atomic mass is 9.90. The lowest BCUT2D eigenvalue weighted by Crippen LogP contribution is -1.97. The van der Waals surface area contributed by atoms with Crippen molar-refractivity contribution in [1.82, 2.24) is 18.9 Å². The van der Waals surface area contributed by atoms with Gasteiger partial charge in [-0.05, 0) is 77.6 Å². The van der Waals surface area contributed by atoms with Gasteiger partial charge in [0.2, 0.25) is 5.78 Å². The first-order valence-corrected chi connectivity index (χ1v) is 12.6. The van der Waals surface area contributed by atoms with Crippen LogP contribution in [0.3, 0.4) is 0 Å². The minimum absolute atomic E-state index is 0.543. The first-order valence-electron chi connectivity index (χ1n) is 12.6. The van der Waals surface area contributed by atoms with E-state index in [1.165, 1.54) is 33.3 Å². The number of para-hydroxylation sites is 3. The molecule has 4 heteroatoms. The number of allylic oxidation sites excluding steroid dienone is 1. The van der Waals surface area contributed by atoms with Crippen LogP contribution in [0.1, 0.15) is 30.5 Å². The number of H-pyrrole nitrogens is 1. The second-order valence-electron chi connectivity index (χ2n) is 9.86. The van der Waals surface area contributed by atoms with Crippen molar-refractivity contribution in [3.8, 4) is 16.8 Å². The lowest BCUT2D eigenvalue weighted by molar-refractivity contribution is 0.778. The van der Waals surface area contributed by atoms with Crippen LogP contribution in [0, 0.1) is 0 Å². The summed E-state index contributed by atoms with van der Waals surface area (Å²) < 4.78 is 4.55. The Balaban J connectivity index is 1.39. The van der Waals surface area contributed by atoms with Crippen molar-refractivity contribution in [3.63, 3.8) is 0 Å². The monoisotopic (exact) mass is 464 g/mol. The molecule has 8 rings (SSSR count). The predicted molar refractivity (Wildman–Crippen MR) is 149 cm³/mol. The maximum Gasteiger partial charge on any atom is 0.220 e. The molecule has 1 unspecified atom stereocenters. The molecule has 1 N–H and O–H groups in total. The molecule has 3 aromatic heterocycles. The van der Waals surface area contributed by atoms with Crippen LogP contribution in [-0.2, 0) is 0 Å². The van der Waals surface area contributed by atoms with Crippen LogP contribution in [0.4, 0.5) is 0 Å². The maximum atomic E-state index is 5.03. The number of aromatic nitrogens is 4. The Labute approximate surface area is 208 Å². The van der Waals surface area contributed by atoms with Crippen molar-refractivity contribution < 1.29 is 0 Å². The molecule has 3 heterocycles. The molecule has 1 aliphatic rings. The van der Waals surface area contributed by atoms with E-state index in [2.05, 4.69) is 124 Å². The highest BCUT2D eigenvalue weighted by molar-refractivity contribution is 5.96. The Kier molecular flexibility index (Phi) is 3.95. The predicted octanol–water partition coefficient (Wildman–Crippen LogP) is 8.10. The number of imidazole rings is 2. The summed E-state index contributed by atoms with van der Waals surface area (Å²) in [4.78, 5) is 8.69. The summed E-state index contributed by atoms with van der Waals surface area (Å²) in [5.74, 6) is 1.48. The normalized spacial score (nSPS) is 15.4. The molecule has 36 heavy (non-hydrogen) atoms. The van der Waals surface area contributed by atoms with E-state index < -0.39 is 0 Å². The molecule has 0 amide bonds. The van der Waals surface area contributed by atoms with Crippen LogP contribution in [0.5, 0.6) is 0 Å². The van der Waals surface area contributed by atoms with Gasteiger partial charge in [0.1, 0.15) is 0 Å². The summed E-state index contributed by atoms with van der Waals surface area (Å²) >= 11 is 0. The van der Waals surface area contributed by atoms with E-state index in [1.54, 1.807) is 0 Å². The molecule has 4 nitrogen and oxygen atoms in total. The molecule has 1 aliphatic carbocycles. The van der Waals surface area contributed by atoms with Crippen LogP contribution < -0.4 is 0 Å². The molecule has 0 spiro atoms. The highest BCUT2D eigenvalue weighted by Gasteiger charge is 2.20. The number of aromatic amines is 1. The van der Waals surface area contributed by atoms with Gasteiger partial charge in [0, 0.05) is 22.3 Å². The number of fused-ring (bicyclic) bond motifs is 8. The molecule has 0 fully saturated rings. The topological polar surface area (TPSA) is 38.0 Å². The minimum atomic E-state index is 0.543. The molecule has 0 bridgehead atoms. The first kappa shape index (κ1) is 19.7. The van der Waals surface area contributed by atoms with E-state index in [-0.39, 0.29) is 0 Å². The van der Waals surface area contributed by atoms with Gasteiger partial charge in [-0.2, -0.15) is 0 Å². The smallest absolute Gasteiger partial charge is 0.220 e. The molecule has 7 aromatic rings. The van der Waals surface area contributed by atoms with Gasteiger partial charge < -0.3 is 4.98 Å². The van der Waals surface area contributed by atoms with Gasteiger partial charge >= 0.3 is 0 Å². The first-order chi connectivity index (χ1) is 17.8. The van der Waals surface area contributed by atoms with Gasteiger partial charge in [0.15, 0.2) is 0 Å². The Morgan fingerprint density at radius 2 is 1.61 bits per heavy atom. The van der Waals surface area contributed by atoms with Crippen LogP contribution in [0.25, 0.3) is 61.6 Å². The van der Waals surface area contributed by atoms with Crippen LogP contribution in [-0.4, -0.2) is 18.9 Å². The standard InChI is InChI=1S/C32H24N4/c1-20-8-7-12-26-31(20)24-16-14-21(18-27(24)33-26)22-15-17-29-30(19-22)36-28-13-6-5-11-25(28)34-32(36)35(29)23-9-3-2-4-10-23/h2-7,9-20,33H,8H2,1H3. The van der Waals surface area contributed by atoms with E-state index in [4.69, 9.17) is 4.98 Å². The van der Waals surface area contributed by atoms with Gasteiger partial charge in [0.25, 0.3) is 0 Å². The zero-order valence-electron chi connectivity index (χ0n) is 19.9. The molecule has 0 radical (unpaired) electrons. The van der Waals surface area contributed by atoms with E-state index in [1.807, 2.05) is 0 Å². The highest BCUT2D eigenvalue weighted by Crippen LogP contribution is 2.38. The van der Waals surface area contributed by atoms with Crippen LogP contribution >= 0.6 is 0 Å². The van der Waals surface area contributed by atoms with Crippen molar-refractivity contribution in [1.29, 1.82) is 0 Å². The number of rotatable bonds is 2. The summed E-state index contributed by atoms with van der Waals surface area (Å²) in [6.45, 7) is 2.32. The number of hydrogen-bond donors (Lipinski definition) is 1. The zero-order valence-corrected chi connectivity index (χ0v) is 19.9. The zero-order chi connectivity index (χ0) is 23.8. The van der Waals surface area contributed by atoms with E-state index >= 15 is 0 Å². The fraction of sp³-hybridized carbons (Fsp3) is 0.0938. The van der Waals surface area contributed by atoms with Gasteiger partial charge in [-0.1, -0.05) is 61.5 Å². The minimum Gasteiger partial charge on any atom is -0.355 e. The Hall–Kier alpha value is -4.57. The molecule has 4 aromatic carbocycles. The molecule has 1 atom stereocenters. The molecule has 0 aliphatic heterocycles. The van der Waals surface area contributed by atoms with Crippen molar-refractivity contribution >= 4 is 44.8 Å². The Morgan fingerprint density at radius 1 is 0.806 bits per heavy atom. The van der Waals surface area contributed by atoms with Crippen molar-refractivity contribution in [3.05, 3.63) is 108 Å². The summed E-state index contributed by atoms with van der Waals surface area (Å²) in [7, 11) is 0. The number of hydrogen-bond acceptors (Lipinski definition) is 1. The number of nitrogens with zero attached hydrogens (tertiary/aromatic N) is 3. The lowest BCUT2D eigenvalue weighted by Gasteiger charge is -2.14. The maximum absolute atomic E-state index is 5.03. The number of benzene rings is 4. The molecular weight excluding hydrogens is 440 g/mol. The molecule has 172 valence electrons. The fourth-order valence-electron chi connectivity index (χ4n) is 6.00. The van der Waals surface area contributed by atoms with Gasteiger partial charge in [-0.25, -0.2) is 4.98 Å². The van der Waals surface area contributed by atoms with Crippen molar-refractivity contribution in [2.45, 2.75) is 19.3 Å². The summed E-state index contributed by atoms with van der Waals surface area (Å²) in [6, 6.07) is 32.5. The third-order valence-electron chi connectivity index (χ3n) is 7.68. The van der Waals surface area contributed by atoms with Gasteiger partial charge in [-0.3, -0.25) is 8.97 Å². The molecular formula is C32H24N4. The van der Waals surface area contributed by atoms with E-state index in [0.717, 1.165) is 40.0 Å². The molecule has 0 saturated carbocycles. The molecule has 0 saturated heterocycles. The second kappa shape index (κ2) is 7.22. The average molecular weight is 465 g/mol. The average Bonchev–Trinajstić information content (AvgIpc) is 3.57. The van der Waals surface area contributed by atoms with E-state index in [0.29, 0.717) is 5.92 Å². The van der Waals surface area contributed by atoms with Crippen LogP contribution in [0.2, 0.25) is 0 Å². The van der Waals surface area contributed by atoms with Crippen molar-refractivity contribution in [2.75, 3.05) is 0 Å². The van der Waals surface area contributed by atoms with Gasteiger partial charge in [0.05, 0.1) is 22.1 Å². The largest absolute Gasteiger partial charge is 0.355 e. The third-order valence-corrected chi connectivity index (χ3v) is 7.68. The second-order valence-corrected chi connectivity index (χ2v) is 9.86. The quantitative estimate of drug-likeness (QED) is 0.276. The third kappa shape index (κ3) is 2.67. The van der Waals surface area contributed by atoms with Crippen LogP contribution in [0.15, 0.2) is 97.1 Å². The summed E-state index contributed by atoms with van der Waals surface area (Å²) in [5, 5.41) is 1.34.